The normalized spacial score (nSPS) is 25.0. The van der Waals surface area contributed by atoms with Crippen molar-refractivity contribution in [2.24, 2.45) is 5.50 Å². The molecule has 1 aromatic rings. The molecule has 0 saturated carbocycles. The van der Waals surface area contributed by atoms with Gasteiger partial charge in [-0.15, -0.1) is 0 Å². The lowest BCUT2D eigenvalue weighted by Gasteiger charge is -2.38. The molecule has 0 spiro atoms. The van der Waals surface area contributed by atoms with Crippen molar-refractivity contribution in [1.82, 2.24) is 0 Å². The zero-order valence-electron chi connectivity index (χ0n) is 13.2. The molecule has 1 aliphatic carbocycles. The Hall–Kier alpha value is -1.15. The molecule has 0 bridgehead atoms. The summed E-state index contributed by atoms with van der Waals surface area (Å²) in [6, 6.07) is 8.06. The van der Waals surface area contributed by atoms with E-state index in [1.807, 2.05) is 52.0 Å². The Morgan fingerprint density at radius 1 is 1.33 bits per heavy atom. The largest absolute Gasteiger partial charge is 0.317 e. The minimum Gasteiger partial charge on any atom is -0.317 e. The summed E-state index contributed by atoms with van der Waals surface area (Å²) in [5.74, 6) is 0. The lowest BCUT2D eigenvalue weighted by molar-refractivity contribution is 0.315. The molecule has 21 heavy (non-hydrogen) atoms. The number of allylic oxidation sites excluding steroid dienone is 4. The molecule has 2 N–H and O–H groups in total. The Morgan fingerprint density at radius 3 is 2.62 bits per heavy atom. The van der Waals surface area contributed by atoms with Crippen LogP contribution in [-0.2, 0) is 14.2 Å². The lowest BCUT2D eigenvalue weighted by Crippen LogP contribution is -2.31. The first-order valence-corrected chi connectivity index (χ1v) is 8.97. The van der Waals surface area contributed by atoms with Crippen LogP contribution >= 0.6 is 7.52 Å². The first-order chi connectivity index (χ1) is 9.80. The van der Waals surface area contributed by atoms with Crippen LogP contribution < -0.4 is 5.50 Å². The van der Waals surface area contributed by atoms with Crippen LogP contribution in [0.25, 0.3) is 0 Å². The third-order valence-electron chi connectivity index (χ3n) is 3.88. The Kier molecular flexibility index (Phi) is 4.57. The van der Waals surface area contributed by atoms with E-state index in [0.717, 1.165) is 16.7 Å². The Bertz CT molecular complexity index is 648. The molecule has 3 nitrogen and oxygen atoms in total. The summed E-state index contributed by atoms with van der Waals surface area (Å²) in [5.41, 5.74) is 10.5. The SMILES string of the molecule is CCOP(N)(=O)C1(c2cccc(C)c2)C=C(C)C=C(C)C1. The van der Waals surface area contributed by atoms with E-state index in [9.17, 15) is 4.57 Å². The summed E-state index contributed by atoms with van der Waals surface area (Å²) in [4.78, 5) is 0. The smallest absolute Gasteiger partial charge is 0.281 e. The molecule has 0 radical (unpaired) electrons. The Labute approximate surface area is 127 Å². The summed E-state index contributed by atoms with van der Waals surface area (Å²) >= 11 is 0. The maximum Gasteiger partial charge on any atom is 0.281 e. The second kappa shape index (κ2) is 5.92. The number of hydrogen-bond donors (Lipinski definition) is 1. The van der Waals surface area contributed by atoms with Crippen molar-refractivity contribution in [3.63, 3.8) is 0 Å². The molecule has 2 unspecified atom stereocenters. The number of benzene rings is 1. The van der Waals surface area contributed by atoms with E-state index < -0.39 is 12.7 Å². The highest BCUT2D eigenvalue weighted by Crippen LogP contribution is 2.63. The average Bonchev–Trinajstić information content (AvgIpc) is 2.37. The summed E-state index contributed by atoms with van der Waals surface area (Å²) < 4.78 is 18.7. The van der Waals surface area contributed by atoms with Gasteiger partial charge in [-0.25, -0.2) is 0 Å². The molecule has 0 aliphatic heterocycles. The van der Waals surface area contributed by atoms with Gasteiger partial charge in [-0.3, -0.25) is 10.1 Å². The maximum atomic E-state index is 13.2. The third kappa shape index (κ3) is 3.06. The second-order valence-electron chi connectivity index (χ2n) is 5.86. The average molecular weight is 305 g/mol. The minimum atomic E-state index is -3.33. The van der Waals surface area contributed by atoms with Gasteiger partial charge in [0, 0.05) is 0 Å². The molecular weight excluding hydrogens is 281 g/mol. The quantitative estimate of drug-likeness (QED) is 0.822. The standard InChI is InChI=1S/C17H24NO2P/c1-5-20-21(18,19)17(11-14(3)9-15(4)12-17)16-8-6-7-13(2)10-16/h6-11H,5,12H2,1-4H3,(H2,18,19). The van der Waals surface area contributed by atoms with Crippen molar-refractivity contribution in [2.75, 3.05) is 6.61 Å². The molecule has 2 atom stereocenters. The molecule has 0 fully saturated rings. The molecular formula is C17H24NO2P. The van der Waals surface area contributed by atoms with Crippen molar-refractivity contribution < 1.29 is 9.09 Å². The number of aryl methyl sites for hydroxylation is 1. The van der Waals surface area contributed by atoms with Crippen LogP contribution in [0.3, 0.4) is 0 Å². The molecule has 0 amide bonds. The van der Waals surface area contributed by atoms with E-state index in [4.69, 9.17) is 10.0 Å². The first-order valence-electron chi connectivity index (χ1n) is 7.28. The molecule has 0 aromatic heterocycles. The molecule has 4 heteroatoms. The van der Waals surface area contributed by atoms with Crippen molar-refractivity contribution in [1.29, 1.82) is 0 Å². The highest BCUT2D eigenvalue weighted by Gasteiger charge is 2.48. The fourth-order valence-corrected chi connectivity index (χ4v) is 5.09. The van der Waals surface area contributed by atoms with Crippen LogP contribution in [0.2, 0.25) is 0 Å². The van der Waals surface area contributed by atoms with Crippen LogP contribution in [0.5, 0.6) is 0 Å². The zero-order valence-corrected chi connectivity index (χ0v) is 14.1. The first kappa shape index (κ1) is 16.2. The van der Waals surface area contributed by atoms with Crippen LogP contribution in [0.4, 0.5) is 0 Å². The van der Waals surface area contributed by atoms with Gasteiger partial charge >= 0.3 is 0 Å². The summed E-state index contributed by atoms with van der Waals surface area (Å²) in [6.45, 7) is 8.26. The van der Waals surface area contributed by atoms with Gasteiger partial charge in [0.05, 0.1) is 6.61 Å². The van der Waals surface area contributed by atoms with Gasteiger partial charge in [0.1, 0.15) is 5.16 Å². The Balaban J connectivity index is 2.67. The number of nitrogens with two attached hydrogens (primary N) is 1. The van der Waals surface area contributed by atoms with Gasteiger partial charge in [-0.05, 0) is 39.7 Å². The van der Waals surface area contributed by atoms with E-state index in [2.05, 4.69) is 12.1 Å². The molecule has 114 valence electrons. The van der Waals surface area contributed by atoms with Crippen molar-refractivity contribution >= 4 is 7.52 Å². The Morgan fingerprint density at radius 2 is 2.05 bits per heavy atom. The lowest BCUT2D eigenvalue weighted by atomic mass is 9.85. The van der Waals surface area contributed by atoms with Gasteiger partial charge in [0.15, 0.2) is 0 Å². The third-order valence-corrected chi connectivity index (χ3v) is 6.18. The van der Waals surface area contributed by atoms with Crippen LogP contribution in [0.1, 0.15) is 38.3 Å². The maximum absolute atomic E-state index is 13.2. The molecule has 2 rings (SSSR count). The highest BCUT2D eigenvalue weighted by molar-refractivity contribution is 7.58. The minimum absolute atomic E-state index is 0.344. The van der Waals surface area contributed by atoms with Gasteiger partial charge in [-0.1, -0.05) is 53.1 Å². The van der Waals surface area contributed by atoms with E-state index in [1.54, 1.807) is 0 Å². The molecule has 1 aromatic carbocycles. The topological polar surface area (TPSA) is 52.3 Å². The number of rotatable bonds is 4. The van der Waals surface area contributed by atoms with Crippen molar-refractivity contribution in [3.8, 4) is 0 Å². The predicted molar refractivity (Wildman–Crippen MR) is 88.4 cm³/mol. The van der Waals surface area contributed by atoms with Gasteiger partial charge < -0.3 is 4.52 Å². The molecule has 0 saturated heterocycles. The summed E-state index contributed by atoms with van der Waals surface area (Å²) in [5, 5.41) is -0.766. The molecule has 1 aliphatic rings. The monoisotopic (exact) mass is 305 g/mol. The van der Waals surface area contributed by atoms with Crippen molar-refractivity contribution in [2.45, 2.75) is 39.3 Å². The van der Waals surface area contributed by atoms with Crippen molar-refractivity contribution in [3.05, 3.63) is 58.7 Å². The van der Waals surface area contributed by atoms with Gasteiger partial charge in [0.25, 0.3) is 7.52 Å². The van der Waals surface area contributed by atoms with E-state index in [0.29, 0.717) is 13.0 Å². The zero-order chi connectivity index (χ0) is 15.7. The molecule has 0 heterocycles. The van der Waals surface area contributed by atoms with Gasteiger partial charge in [-0.2, -0.15) is 0 Å². The summed E-state index contributed by atoms with van der Waals surface area (Å²) in [7, 11) is -3.33. The van der Waals surface area contributed by atoms with E-state index in [-0.39, 0.29) is 0 Å². The summed E-state index contributed by atoms with van der Waals surface area (Å²) in [6.07, 6.45) is 4.76. The van der Waals surface area contributed by atoms with E-state index in [1.165, 1.54) is 5.57 Å². The fraction of sp³-hybridized carbons (Fsp3) is 0.412. The van der Waals surface area contributed by atoms with Crippen LogP contribution in [-0.4, -0.2) is 6.61 Å². The predicted octanol–water partition coefficient (Wildman–Crippen LogP) is 4.67. The fourth-order valence-electron chi connectivity index (χ4n) is 3.12. The van der Waals surface area contributed by atoms with Crippen LogP contribution in [0, 0.1) is 6.92 Å². The van der Waals surface area contributed by atoms with Crippen LogP contribution in [0.15, 0.2) is 47.6 Å². The number of hydrogen-bond acceptors (Lipinski definition) is 2. The van der Waals surface area contributed by atoms with Gasteiger partial charge in [0.2, 0.25) is 0 Å². The second-order valence-corrected chi connectivity index (χ2v) is 8.11. The highest BCUT2D eigenvalue weighted by atomic mass is 31.2. The van der Waals surface area contributed by atoms with E-state index >= 15 is 0 Å².